The van der Waals surface area contributed by atoms with Crippen LogP contribution in [0.2, 0.25) is 0 Å². The van der Waals surface area contributed by atoms with E-state index < -0.39 is 5.66 Å². The van der Waals surface area contributed by atoms with Crippen molar-refractivity contribution in [2.24, 2.45) is 5.92 Å². The summed E-state index contributed by atoms with van der Waals surface area (Å²) in [5.41, 5.74) is 0.293. The maximum absolute atomic E-state index is 13.1. The third kappa shape index (κ3) is 4.30. The van der Waals surface area contributed by atoms with Gasteiger partial charge in [-0.1, -0.05) is 57.5 Å². The lowest BCUT2D eigenvalue weighted by Crippen LogP contribution is -2.61. The molecule has 1 aromatic rings. The summed E-state index contributed by atoms with van der Waals surface area (Å²) in [4.78, 5) is 14.8. The average molecular weight is 334 g/mol. The Balaban J connectivity index is 2.23. The molecule has 126 valence electrons. The van der Waals surface area contributed by atoms with E-state index in [9.17, 15) is 4.79 Å². The standard InChI is InChI=1S/C18H27N3OS/c1-4-5-11-21-16(22)18(20-17(21)23,19-13-14(2)3)12-15-9-7-6-8-10-15/h6-10,14,19H,4-5,11-13H2,1-3H3,(H,20,23). The summed E-state index contributed by atoms with van der Waals surface area (Å²) in [6.07, 6.45) is 2.58. The van der Waals surface area contributed by atoms with Crippen LogP contribution in [0.4, 0.5) is 0 Å². The van der Waals surface area contributed by atoms with Gasteiger partial charge in [0, 0.05) is 19.5 Å². The second-order valence-corrected chi connectivity index (χ2v) is 6.97. The van der Waals surface area contributed by atoms with Crippen molar-refractivity contribution in [3.8, 4) is 0 Å². The highest BCUT2D eigenvalue weighted by Gasteiger charge is 2.48. The van der Waals surface area contributed by atoms with E-state index in [1.165, 1.54) is 0 Å². The Kier molecular flexibility index (Phi) is 6.13. The van der Waals surface area contributed by atoms with Crippen LogP contribution in [-0.4, -0.2) is 34.7 Å². The molecule has 1 saturated heterocycles. The Morgan fingerprint density at radius 1 is 1.30 bits per heavy atom. The number of hydrogen-bond donors (Lipinski definition) is 2. The predicted molar refractivity (Wildman–Crippen MR) is 98.1 cm³/mol. The molecule has 0 bridgehead atoms. The van der Waals surface area contributed by atoms with Gasteiger partial charge in [-0.3, -0.25) is 15.0 Å². The molecule has 0 radical (unpaired) electrons. The third-order valence-electron chi connectivity index (χ3n) is 4.04. The highest BCUT2D eigenvalue weighted by molar-refractivity contribution is 7.80. The van der Waals surface area contributed by atoms with Crippen molar-refractivity contribution in [3.63, 3.8) is 0 Å². The molecule has 1 unspecified atom stereocenters. The van der Waals surface area contributed by atoms with Crippen LogP contribution >= 0.6 is 12.2 Å². The van der Waals surface area contributed by atoms with Crippen LogP contribution in [0.3, 0.4) is 0 Å². The summed E-state index contributed by atoms with van der Waals surface area (Å²) in [6, 6.07) is 10.1. The van der Waals surface area contributed by atoms with E-state index in [0.717, 1.165) is 24.9 Å². The minimum atomic E-state index is -0.823. The van der Waals surface area contributed by atoms with Crippen LogP contribution in [0, 0.1) is 5.92 Å². The van der Waals surface area contributed by atoms with E-state index in [1.807, 2.05) is 30.3 Å². The van der Waals surface area contributed by atoms with Crippen LogP contribution in [0.1, 0.15) is 39.2 Å². The number of carbonyl (C=O) groups excluding carboxylic acids is 1. The lowest BCUT2D eigenvalue weighted by atomic mass is 9.98. The Morgan fingerprint density at radius 2 is 2.00 bits per heavy atom. The van der Waals surface area contributed by atoms with Gasteiger partial charge < -0.3 is 5.32 Å². The van der Waals surface area contributed by atoms with Gasteiger partial charge in [0.15, 0.2) is 10.8 Å². The van der Waals surface area contributed by atoms with Crippen molar-refractivity contribution < 1.29 is 4.79 Å². The molecular weight excluding hydrogens is 306 g/mol. The van der Waals surface area contributed by atoms with Crippen molar-refractivity contribution >= 4 is 23.2 Å². The number of carbonyl (C=O) groups is 1. The van der Waals surface area contributed by atoms with Gasteiger partial charge in [-0.05, 0) is 30.1 Å². The molecule has 0 aromatic heterocycles. The van der Waals surface area contributed by atoms with Gasteiger partial charge in [0.1, 0.15) is 0 Å². The van der Waals surface area contributed by atoms with Crippen LogP contribution in [0.25, 0.3) is 0 Å². The normalized spacial score (nSPS) is 21.1. The number of nitrogens with zero attached hydrogens (tertiary/aromatic N) is 1. The van der Waals surface area contributed by atoms with Crippen LogP contribution in [0.15, 0.2) is 30.3 Å². The van der Waals surface area contributed by atoms with Gasteiger partial charge in [0.2, 0.25) is 0 Å². The molecule has 1 amide bonds. The summed E-state index contributed by atoms with van der Waals surface area (Å²) in [7, 11) is 0. The minimum Gasteiger partial charge on any atom is -0.336 e. The summed E-state index contributed by atoms with van der Waals surface area (Å²) in [6.45, 7) is 7.83. The van der Waals surface area contributed by atoms with Gasteiger partial charge in [-0.2, -0.15) is 0 Å². The molecule has 1 atom stereocenters. The highest BCUT2D eigenvalue weighted by atomic mass is 32.1. The molecule has 4 nitrogen and oxygen atoms in total. The molecule has 1 aliphatic heterocycles. The smallest absolute Gasteiger partial charge is 0.269 e. The highest BCUT2D eigenvalue weighted by Crippen LogP contribution is 2.22. The summed E-state index contributed by atoms with van der Waals surface area (Å²) >= 11 is 5.43. The Labute approximate surface area is 144 Å². The van der Waals surface area contributed by atoms with E-state index in [2.05, 4.69) is 31.4 Å². The molecule has 1 aliphatic rings. The fourth-order valence-corrected chi connectivity index (χ4v) is 3.08. The first-order valence-corrected chi connectivity index (χ1v) is 8.82. The van der Waals surface area contributed by atoms with Gasteiger partial charge in [-0.25, -0.2) is 0 Å². The molecule has 23 heavy (non-hydrogen) atoms. The number of hydrogen-bond acceptors (Lipinski definition) is 3. The number of unbranched alkanes of at least 4 members (excludes halogenated alkanes) is 1. The number of amides is 1. The van der Waals surface area contributed by atoms with E-state index in [-0.39, 0.29) is 5.91 Å². The van der Waals surface area contributed by atoms with Crippen molar-refractivity contribution in [2.75, 3.05) is 13.1 Å². The monoisotopic (exact) mass is 333 g/mol. The average Bonchev–Trinajstić information content (AvgIpc) is 2.75. The molecule has 1 aromatic carbocycles. The van der Waals surface area contributed by atoms with Crippen molar-refractivity contribution in [1.82, 2.24) is 15.5 Å². The van der Waals surface area contributed by atoms with Crippen molar-refractivity contribution in [3.05, 3.63) is 35.9 Å². The van der Waals surface area contributed by atoms with Gasteiger partial charge in [0.25, 0.3) is 5.91 Å². The molecule has 0 aliphatic carbocycles. The molecular formula is C18H27N3OS. The van der Waals surface area contributed by atoms with Crippen LogP contribution in [-0.2, 0) is 11.2 Å². The second-order valence-electron chi connectivity index (χ2n) is 6.58. The topological polar surface area (TPSA) is 44.4 Å². The predicted octanol–water partition coefficient (Wildman–Crippen LogP) is 2.69. The molecule has 0 saturated carbocycles. The zero-order valence-corrected chi connectivity index (χ0v) is 15.1. The fourth-order valence-electron chi connectivity index (χ4n) is 2.73. The molecule has 2 rings (SSSR count). The van der Waals surface area contributed by atoms with Gasteiger partial charge in [0.05, 0.1) is 0 Å². The number of rotatable bonds is 8. The third-order valence-corrected chi connectivity index (χ3v) is 4.36. The zero-order chi connectivity index (χ0) is 16.9. The zero-order valence-electron chi connectivity index (χ0n) is 14.3. The quantitative estimate of drug-likeness (QED) is 0.718. The van der Waals surface area contributed by atoms with Gasteiger partial charge in [-0.15, -0.1) is 0 Å². The first-order chi connectivity index (χ1) is 11.0. The summed E-state index contributed by atoms with van der Waals surface area (Å²) in [5.74, 6) is 0.496. The van der Waals surface area contributed by atoms with Crippen molar-refractivity contribution in [2.45, 2.75) is 45.7 Å². The fraction of sp³-hybridized carbons (Fsp3) is 0.556. The van der Waals surface area contributed by atoms with E-state index in [0.29, 0.717) is 24.0 Å². The summed E-state index contributed by atoms with van der Waals surface area (Å²) < 4.78 is 0. The molecule has 1 fully saturated rings. The van der Waals surface area contributed by atoms with E-state index in [1.54, 1.807) is 4.90 Å². The summed E-state index contributed by atoms with van der Waals surface area (Å²) in [5, 5.41) is 7.25. The number of nitrogens with one attached hydrogen (secondary N) is 2. The first-order valence-electron chi connectivity index (χ1n) is 8.41. The minimum absolute atomic E-state index is 0.0421. The van der Waals surface area contributed by atoms with Crippen LogP contribution < -0.4 is 10.6 Å². The van der Waals surface area contributed by atoms with E-state index in [4.69, 9.17) is 12.2 Å². The largest absolute Gasteiger partial charge is 0.336 e. The maximum Gasteiger partial charge on any atom is 0.269 e. The molecule has 5 heteroatoms. The van der Waals surface area contributed by atoms with Gasteiger partial charge >= 0.3 is 0 Å². The van der Waals surface area contributed by atoms with Crippen molar-refractivity contribution in [1.29, 1.82) is 0 Å². The number of benzene rings is 1. The molecule has 0 spiro atoms. The Morgan fingerprint density at radius 3 is 2.61 bits per heavy atom. The van der Waals surface area contributed by atoms with Crippen LogP contribution in [0.5, 0.6) is 0 Å². The first kappa shape index (κ1) is 17.9. The lowest BCUT2D eigenvalue weighted by Gasteiger charge is -2.29. The second kappa shape index (κ2) is 7.88. The Hall–Kier alpha value is -1.46. The SMILES string of the molecule is CCCCN1C(=O)C(Cc2ccccc2)(NCC(C)C)NC1=S. The Bertz CT molecular complexity index is 546. The number of thiocarbonyl (C=S) groups is 1. The lowest BCUT2D eigenvalue weighted by molar-refractivity contribution is -0.132. The molecule has 1 heterocycles. The molecule has 2 N–H and O–H groups in total. The van der Waals surface area contributed by atoms with E-state index >= 15 is 0 Å². The maximum atomic E-state index is 13.1.